The third-order valence-corrected chi connectivity index (χ3v) is 3.99. The molecule has 0 saturated carbocycles. The number of likely N-dealkylation sites (tertiary alicyclic amines) is 1. The second-order valence-corrected chi connectivity index (χ2v) is 5.92. The summed E-state index contributed by atoms with van der Waals surface area (Å²) in [7, 11) is 0. The van der Waals surface area contributed by atoms with Crippen molar-refractivity contribution in [3.63, 3.8) is 0 Å². The normalized spacial score (nSPS) is 18.2. The van der Waals surface area contributed by atoms with Crippen LogP contribution in [-0.2, 0) is 11.2 Å². The molecule has 1 atom stereocenters. The quantitative estimate of drug-likeness (QED) is 0.885. The largest absolute Gasteiger partial charge is 0.481 e. The van der Waals surface area contributed by atoms with E-state index in [0.717, 1.165) is 25.9 Å². The molecule has 6 heteroatoms. The molecule has 0 aliphatic carbocycles. The Labute approximate surface area is 137 Å². The van der Waals surface area contributed by atoms with Crippen molar-refractivity contribution < 1.29 is 19.8 Å². The molecule has 1 aromatic rings. The zero-order chi connectivity index (χ0) is 17.4. The topological polar surface area (TPSA) is 90.7 Å². The van der Waals surface area contributed by atoms with E-state index in [0.29, 0.717) is 23.7 Å². The lowest BCUT2D eigenvalue weighted by atomic mass is 9.97. The highest BCUT2D eigenvalue weighted by Gasteiger charge is 2.26. The van der Waals surface area contributed by atoms with Crippen LogP contribution in [0, 0.1) is 5.92 Å². The van der Waals surface area contributed by atoms with Gasteiger partial charge in [0, 0.05) is 18.8 Å². The van der Waals surface area contributed by atoms with Gasteiger partial charge in [-0.25, -0.2) is 4.79 Å². The van der Waals surface area contributed by atoms with Crippen LogP contribution < -0.4 is 0 Å². The van der Waals surface area contributed by atoms with E-state index < -0.39 is 11.9 Å². The molecule has 23 heavy (non-hydrogen) atoms. The number of aromatic carboxylic acids is 1. The maximum atomic E-state index is 10.7. The minimum Gasteiger partial charge on any atom is -0.481 e. The molecule has 0 spiro atoms. The molecular weight excluding hydrogens is 296 g/mol. The number of hydrogen-bond donors (Lipinski definition) is 2. The molecular formula is C17H26N2O4. The van der Waals surface area contributed by atoms with Gasteiger partial charge in [0.1, 0.15) is 0 Å². The Morgan fingerprint density at radius 1 is 1.39 bits per heavy atom. The molecule has 1 aliphatic heterocycles. The molecule has 2 rings (SSSR count). The zero-order valence-electron chi connectivity index (χ0n) is 14.0. The van der Waals surface area contributed by atoms with Gasteiger partial charge in [-0.2, -0.15) is 0 Å². The fourth-order valence-corrected chi connectivity index (χ4v) is 2.59. The van der Waals surface area contributed by atoms with Crippen LogP contribution in [0.15, 0.2) is 18.3 Å². The molecule has 6 nitrogen and oxygen atoms in total. The van der Waals surface area contributed by atoms with E-state index in [4.69, 9.17) is 10.2 Å². The summed E-state index contributed by atoms with van der Waals surface area (Å²) in [5.74, 6) is -1.68. The van der Waals surface area contributed by atoms with E-state index >= 15 is 0 Å². The van der Waals surface area contributed by atoms with Gasteiger partial charge in [-0.05, 0) is 51.8 Å². The van der Waals surface area contributed by atoms with E-state index in [2.05, 4.69) is 23.7 Å². The Morgan fingerprint density at radius 2 is 2.09 bits per heavy atom. The molecule has 2 N–H and O–H groups in total. The first-order valence-corrected chi connectivity index (χ1v) is 8.00. The molecule has 128 valence electrons. The predicted molar refractivity (Wildman–Crippen MR) is 87.6 cm³/mol. The van der Waals surface area contributed by atoms with Crippen molar-refractivity contribution in [3.05, 3.63) is 29.6 Å². The van der Waals surface area contributed by atoms with E-state index in [1.54, 1.807) is 18.3 Å². The Bertz CT molecular complexity index is 531. The highest BCUT2D eigenvalue weighted by molar-refractivity contribution is 5.88. The van der Waals surface area contributed by atoms with Gasteiger partial charge in [0.05, 0.1) is 17.2 Å². The average Bonchev–Trinajstić information content (AvgIpc) is 2.55. The minimum absolute atomic E-state index is 0.138. The maximum Gasteiger partial charge on any atom is 0.337 e. The van der Waals surface area contributed by atoms with Crippen molar-refractivity contribution in [2.24, 2.45) is 5.92 Å². The number of piperidine rings is 1. The summed E-state index contributed by atoms with van der Waals surface area (Å²) in [6.07, 6.45) is 4.13. The fraction of sp³-hybridized carbons (Fsp3) is 0.588. The van der Waals surface area contributed by atoms with Crippen LogP contribution in [0.1, 0.15) is 49.7 Å². The lowest BCUT2D eigenvalue weighted by Gasteiger charge is -2.33. The Hall–Kier alpha value is -1.95. The summed E-state index contributed by atoms with van der Waals surface area (Å²) in [5.41, 5.74) is 0.940. The Morgan fingerprint density at radius 3 is 2.57 bits per heavy atom. The number of aryl methyl sites for hydroxylation is 1. The predicted octanol–water partition coefficient (Wildman–Crippen LogP) is 2.53. The SMILES string of the molecule is CC(C)N1CCCC(C(=O)O)C1.CCc1ncccc1C(=O)O. The third-order valence-electron chi connectivity index (χ3n) is 3.99. The van der Waals surface area contributed by atoms with Gasteiger partial charge in [0.25, 0.3) is 0 Å². The monoisotopic (exact) mass is 322 g/mol. The number of nitrogens with zero attached hydrogens (tertiary/aromatic N) is 2. The number of carboxylic acid groups (broad SMARTS) is 2. The van der Waals surface area contributed by atoms with Crippen LogP contribution in [0.2, 0.25) is 0 Å². The summed E-state index contributed by atoms with van der Waals surface area (Å²) >= 11 is 0. The lowest BCUT2D eigenvalue weighted by molar-refractivity contribution is -0.143. The molecule has 1 unspecified atom stereocenters. The molecule has 0 radical (unpaired) electrons. The van der Waals surface area contributed by atoms with Crippen LogP contribution in [0.25, 0.3) is 0 Å². The molecule has 1 fully saturated rings. The second kappa shape index (κ2) is 9.25. The number of carboxylic acids is 2. The number of hydrogen-bond acceptors (Lipinski definition) is 4. The van der Waals surface area contributed by atoms with Gasteiger partial charge in [0.15, 0.2) is 0 Å². The van der Waals surface area contributed by atoms with Crippen LogP contribution in [0.3, 0.4) is 0 Å². The number of aliphatic carboxylic acids is 1. The summed E-state index contributed by atoms with van der Waals surface area (Å²) in [4.78, 5) is 27.4. The third kappa shape index (κ3) is 5.98. The van der Waals surface area contributed by atoms with Crippen molar-refractivity contribution in [3.8, 4) is 0 Å². The van der Waals surface area contributed by atoms with Crippen molar-refractivity contribution in [1.29, 1.82) is 0 Å². The molecule has 2 heterocycles. The summed E-state index contributed by atoms with van der Waals surface area (Å²) < 4.78 is 0. The first-order chi connectivity index (χ1) is 10.9. The maximum absolute atomic E-state index is 10.7. The van der Waals surface area contributed by atoms with Crippen LogP contribution in [0.5, 0.6) is 0 Å². The fourth-order valence-electron chi connectivity index (χ4n) is 2.59. The number of aromatic nitrogens is 1. The Balaban J connectivity index is 0.000000231. The molecule has 0 bridgehead atoms. The van der Waals surface area contributed by atoms with Crippen molar-refractivity contribution in [1.82, 2.24) is 9.88 Å². The first-order valence-electron chi connectivity index (χ1n) is 8.00. The Kier molecular flexibility index (Phi) is 7.68. The van der Waals surface area contributed by atoms with E-state index in [1.807, 2.05) is 6.92 Å². The van der Waals surface area contributed by atoms with E-state index in [-0.39, 0.29) is 5.92 Å². The van der Waals surface area contributed by atoms with Gasteiger partial charge in [-0.15, -0.1) is 0 Å². The molecule has 1 aromatic heterocycles. The summed E-state index contributed by atoms with van der Waals surface area (Å²) in [5, 5.41) is 17.5. The molecule has 0 amide bonds. The zero-order valence-corrected chi connectivity index (χ0v) is 14.0. The molecule has 1 saturated heterocycles. The van der Waals surface area contributed by atoms with Gasteiger partial charge in [-0.1, -0.05) is 6.92 Å². The van der Waals surface area contributed by atoms with Gasteiger partial charge in [0.2, 0.25) is 0 Å². The van der Waals surface area contributed by atoms with Gasteiger partial charge >= 0.3 is 11.9 Å². The number of carbonyl (C=O) groups is 2. The van der Waals surface area contributed by atoms with Crippen molar-refractivity contribution in [2.45, 2.75) is 46.1 Å². The van der Waals surface area contributed by atoms with Crippen LogP contribution in [0.4, 0.5) is 0 Å². The van der Waals surface area contributed by atoms with Gasteiger partial charge in [-0.3, -0.25) is 9.78 Å². The van der Waals surface area contributed by atoms with Crippen molar-refractivity contribution in [2.75, 3.05) is 13.1 Å². The number of pyridine rings is 1. The number of rotatable bonds is 4. The first kappa shape index (κ1) is 19.1. The highest BCUT2D eigenvalue weighted by atomic mass is 16.4. The highest BCUT2D eigenvalue weighted by Crippen LogP contribution is 2.18. The summed E-state index contributed by atoms with van der Waals surface area (Å²) in [6, 6.07) is 3.67. The smallest absolute Gasteiger partial charge is 0.337 e. The van der Waals surface area contributed by atoms with Crippen LogP contribution in [-0.4, -0.2) is 51.2 Å². The van der Waals surface area contributed by atoms with Crippen LogP contribution >= 0.6 is 0 Å². The molecule has 0 aromatic carbocycles. The van der Waals surface area contributed by atoms with E-state index in [9.17, 15) is 9.59 Å². The van der Waals surface area contributed by atoms with E-state index in [1.165, 1.54) is 0 Å². The van der Waals surface area contributed by atoms with Crippen molar-refractivity contribution >= 4 is 11.9 Å². The lowest BCUT2D eigenvalue weighted by Crippen LogP contribution is -2.42. The molecule has 1 aliphatic rings. The average molecular weight is 322 g/mol. The standard InChI is InChI=1S/C9H17NO2.C8H9NO2/c1-7(2)10-5-3-4-8(6-10)9(11)12;1-2-7-6(8(10)11)4-3-5-9-7/h7-8H,3-6H2,1-2H3,(H,11,12);3-5H,2H2,1H3,(H,10,11). The minimum atomic E-state index is -0.907. The second-order valence-electron chi connectivity index (χ2n) is 5.92. The van der Waals surface area contributed by atoms with Gasteiger partial charge < -0.3 is 15.1 Å². The summed E-state index contributed by atoms with van der Waals surface area (Å²) in [6.45, 7) is 7.90.